The first-order valence-electron chi connectivity index (χ1n) is 9.21. The number of benzene rings is 1. The summed E-state index contributed by atoms with van der Waals surface area (Å²) in [4.78, 5) is 2.71. The lowest BCUT2D eigenvalue weighted by atomic mass is 9.75. The Balaban J connectivity index is 1.63. The number of piperidine rings is 1. The maximum absolute atomic E-state index is 2.71. The standard InChI is InChI=1S/C20H31N/c1-4-10-18(11-5-1)20(19-12-6-2-7-13-19)14-17-21-15-8-3-9-16-21/h1,4-5,10-11,19-20H,2-3,6-9,12-17H2/t20-/m0/s1. The monoisotopic (exact) mass is 285 g/mol. The summed E-state index contributed by atoms with van der Waals surface area (Å²) in [5.74, 6) is 1.74. The van der Waals surface area contributed by atoms with E-state index in [9.17, 15) is 0 Å². The van der Waals surface area contributed by atoms with E-state index in [0.29, 0.717) is 0 Å². The molecule has 1 heterocycles. The molecule has 1 saturated heterocycles. The zero-order chi connectivity index (χ0) is 14.3. The largest absolute Gasteiger partial charge is 0.303 e. The van der Waals surface area contributed by atoms with Crippen LogP contribution in [-0.4, -0.2) is 24.5 Å². The SMILES string of the molecule is c1ccc([C@H](CCN2CCCCC2)C2CCCCC2)cc1. The van der Waals surface area contributed by atoms with Crippen LogP contribution in [0.4, 0.5) is 0 Å². The zero-order valence-electron chi connectivity index (χ0n) is 13.5. The van der Waals surface area contributed by atoms with Crippen LogP contribution < -0.4 is 0 Å². The highest BCUT2D eigenvalue weighted by molar-refractivity contribution is 5.20. The highest BCUT2D eigenvalue weighted by Crippen LogP contribution is 2.38. The van der Waals surface area contributed by atoms with Crippen molar-refractivity contribution in [2.24, 2.45) is 5.92 Å². The van der Waals surface area contributed by atoms with Crippen LogP contribution in [0.25, 0.3) is 0 Å². The van der Waals surface area contributed by atoms with Gasteiger partial charge in [0, 0.05) is 0 Å². The molecule has 0 spiro atoms. The number of nitrogens with zero attached hydrogens (tertiary/aromatic N) is 1. The van der Waals surface area contributed by atoms with E-state index in [1.807, 2.05) is 0 Å². The van der Waals surface area contributed by atoms with Gasteiger partial charge in [-0.3, -0.25) is 0 Å². The summed E-state index contributed by atoms with van der Waals surface area (Å²) in [6.07, 6.45) is 12.9. The van der Waals surface area contributed by atoms with Crippen molar-refractivity contribution in [3.05, 3.63) is 35.9 Å². The van der Waals surface area contributed by atoms with E-state index in [1.165, 1.54) is 77.4 Å². The minimum atomic E-state index is 0.799. The van der Waals surface area contributed by atoms with Crippen molar-refractivity contribution in [3.63, 3.8) is 0 Å². The van der Waals surface area contributed by atoms with Crippen LogP contribution in [-0.2, 0) is 0 Å². The molecule has 116 valence electrons. The third-order valence-electron chi connectivity index (χ3n) is 5.65. The van der Waals surface area contributed by atoms with E-state index in [1.54, 1.807) is 5.56 Å². The van der Waals surface area contributed by atoms with Crippen LogP contribution in [0.2, 0.25) is 0 Å². The molecule has 2 aliphatic rings. The number of likely N-dealkylation sites (tertiary alicyclic amines) is 1. The molecule has 0 amide bonds. The predicted octanol–water partition coefficient (Wildman–Crippen LogP) is 5.23. The first-order valence-corrected chi connectivity index (χ1v) is 9.21. The van der Waals surface area contributed by atoms with Crippen molar-refractivity contribution in [1.29, 1.82) is 0 Å². The van der Waals surface area contributed by atoms with E-state index >= 15 is 0 Å². The van der Waals surface area contributed by atoms with Gasteiger partial charge in [0.05, 0.1) is 0 Å². The Bertz CT molecular complexity index is 388. The van der Waals surface area contributed by atoms with Crippen molar-refractivity contribution < 1.29 is 0 Å². The predicted molar refractivity (Wildman–Crippen MR) is 90.7 cm³/mol. The van der Waals surface area contributed by atoms with E-state index in [0.717, 1.165) is 11.8 Å². The molecular weight excluding hydrogens is 254 g/mol. The Labute approximate surface area is 130 Å². The highest BCUT2D eigenvalue weighted by atomic mass is 15.1. The summed E-state index contributed by atoms with van der Waals surface area (Å²) in [5.41, 5.74) is 1.60. The fraction of sp³-hybridized carbons (Fsp3) is 0.700. The Morgan fingerprint density at radius 2 is 1.52 bits per heavy atom. The maximum Gasteiger partial charge on any atom is -0.00128 e. The molecular formula is C20H31N. The Morgan fingerprint density at radius 3 is 2.24 bits per heavy atom. The van der Waals surface area contributed by atoms with Crippen molar-refractivity contribution in [3.8, 4) is 0 Å². The van der Waals surface area contributed by atoms with E-state index in [-0.39, 0.29) is 0 Å². The van der Waals surface area contributed by atoms with E-state index in [2.05, 4.69) is 35.2 Å². The minimum absolute atomic E-state index is 0.799. The minimum Gasteiger partial charge on any atom is -0.303 e. The highest BCUT2D eigenvalue weighted by Gasteiger charge is 2.25. The van der Waals surface area contributed by atoms with Crippen molar-refractivity contribution in [2.75, 3.05) is 19.6 Å². The molecule has 1 heteroatoms. The molecule has 1 aliphatic carbocycles. The molecule has 0 radical (unpaired) electrons. The summed E-state index contributed by atoms with van der Waals surface area (Å²) < 4.78 is 0. The van der Waals surface area contributed by atoms with Crippen LogP contribution >= 0.6 is 0 Å². The van der Waals surface area contributed by atoms with E-state index < -0.39 is 0 Å². The maximum atomic E-state index is 2.71. The molecule has 1 aromatic carbocycles. The van der Waals surface area contributed by atoms with Gasteiger partial charge in [-0.25, -0.2) is 0 Å². The quantitative estimate of drug-likeness (QED) is 0.716. The summed E-state index contributed by atoms with van der Waals surface area (Å²) in [5, 5.41) is 0. The molecule has 0 bridgehead atoms. The topological polar surface area (TPSA) is 3.24 Å². The van der Waals surface area contributed by atoms with Gasteiger partial charge in [-0.15, -0.1) is 0 Å². The Morgan fingerprint density at radius 1 is 0.857 bits per heavy atom. The Hall–Kier alpha value is -0.820. The fourth-order valence-electron chi connectivity index (χ4n) is 4.42. The number of rotatable bonds is 5. The molecule has 0 N–H and O–H groups in total. The molecule has 21 heavy (non-hydrogen) atoms. The molecule has 0 unspecified atom stereocenters. The van der Waals surface area contributed by atoms with Gasteiger partial charge in [0.15, 0.2) is 0 Å². The Kier molecular flexibility index (Phi) is 5.74. The summed E-state index contributed by atoms with van der Waals surface area (Å²) in [7, 11) is 0. The molecule has 1 nitrogen and oxygen atoms in total. The molecule has 1 saturated carbocycles. The smallest absolute Gasteiger partial charge is 0.00128 e. The van der Waals surface area contributed by atoms with Crippen LogP contribution in [0, 0.1) is 5.92 Å². The van der Waals surface area contributed by atoms with Gasteiger partial charge >= 0.3 is 0 Å². The van der Waals surface area contributed by atoms with Crippen molar-refractivity contribution in [1.82, 2.24) is 4.90 Å². The molecule has 1 atom stereocenters. The summed E-state index contributed by atoms with van der Waals surface area (Å²) >= 11 is 0. The molecule has 1 aliphatic heterocycles. The van der Waals surface area contributed by atoms with Crippen LogP contribution in [0.1, 0.15) is 69.3 Å². The van der Waals surface area contributed by atoms with Crippen molar-refractivity contribution in [2.45, 2.75) is 63.7 Å². The van der Waals surface area contributed by atoms with Gasteiger partial charge in [0.25, 0.3) is 0 Å². The fourth-order valence-corrected chi connectivity index (χ4v) is 4.42. The van der Waals surface area contributed by atoms with Gasteiger partial charge < -0.3 is 4.90 Å². The lowest BCUT2D eigenvalue weighted by Gasteiger charge is -2.33. The lowest BCUT2D eigenvalue weighted by Crippen LogP contribution is -2.32. The zero-order valence-corrected chi connectivity index (χ0v) is 13.5. The van der Waals surface area contributed by atoms with Gasteiger partial charge in [0.1, 0.15) is 0 Å². The van der Waals surface area contributed by atoms with Gasteiger partial charge in [-0.05, 0) is 69.1 Å². The number of hydrogen-bond donors (Lipinski definition) is 0. The normalized spacial score (nSPS) is 23.0. The van der Waals surface area contributed by atoms with Gasteiger partial charge in [-0.1, -0.05) is 56.0 Å². The van der Waals surface area contributed by atoms with Crippen LogP contribution in [0.3, 0.4) is 0 Å². The van der Waals surface area contributed by atoms with Crippen LogP contribution in [0.5, 0.6) is 0 Å². The lowest BCUT2D eigenvalue weighted by molar-refractivity contribution is 0.203. The average molecular weight is 285 g/mol. The average Bonchev–Trinajstić information content (AvgIpc) is 2.58. The van der Waals surface area contributed by atoms with E-state index in [4.69, 9.17) is 0 Å². The first-order chi connectivity index (χ1) is 10.4. The molecule has 2 fully saturated rings. The summed E-state index contributed by atoms with van der Waals surface area (Å²) in [6, 6.07) is 11.4. The summed E-state index contributed by atoms with van der Waals surface area (Å²) in [6.45, 7) is 3.99. The molecule has 0 aromatic heterocycles. The second-order valence-corrected chi connectivity index (χ2v) is 7.11. The third kappa shape index (κ3) is 4.32. The second-order valence-electron chi connectivity index (χ2n) is 7.11. The first kappa shape index (κ1) is 15.1. The molecule has 1 aromatic rings. The van der Waals surface area contributed by atoms with Crippen LogP contribution in [0.15, 0.2) is 30.3 Å². The van der Waals surface area contributed by atoms with Crippen molar-refractivity contribution >= 4 is 0 Å². The van der Waals surface area contributed by atoms with Gasteiger partial charge in [0.2, 0.25) is 0 Å². The van der Waals surface area contributed by atoms with Gasteiger partial charge in [-0.2, -0.15) is 0 Å². The number of hydrogen-bond acceptors (Lipinski definition) is 1. The molecule has 3 rings (SSSR count). The third-order valence-corrected chi connectivity index (χ3v) is 5.65. The second kappa shape index (κ2) is 7.98.